The first-order chi connectivity index (χ1) is 13.8. The number of hydrogen-bond acceptors (Lipinski definition) is 6. The molecule has 29 heavy (non-hydrogen) atoms. The van der Waals surface area contributed by atoms with E-state index in [2.05, 4.69) is 5.32 Å². The number of nitrogens with one attached hydrogen (secondary N) is 1. The normalized spacial score (nSPS) is 17.7. The van der Waals surface area contributed by atoms with Crippen molar-refractivity contribution in [1.82, 2.24) is 9.62 Å². The summed E-state index contributed by atoms with van der Waals surface area (Å²) in [6, 6.07) is 8.83. The maximum absolute atomic E-state index is 12.9. The second kappa shape index (κ2) is 9.15. The molecule has 1 amide bonds. The number of ether oxygens (including phenoxy) is 2. The Bertz CT molecular complexity index is 971. The first-order valence-corrected chi connectivity index (χ1v) is 11.7. The molecule has 1 aromatic carbocycles. The van der Waals surface area contributed by atoms with Crippen LogP contribution >= 0.6 is 11.3 Å². The van der Waals surface area contributed by atoms with Gasteiger partial charge in [0.15, 0.2) is 0 Å². The van der Waals surface area contributed by atoms with Crippen LogP contribution in [0.25, 0.3) is 0 Å². The zero-order valence-electron chi connectivity index (χ0n) is 16.8. The molecule has 0 spiro atoms. The van der Waals surface area contributed by atoms with Gasteiger partial charge in [0.25, 0.3) is 10.0 Å². The number of piperidine rings is 1. The average molecular weight is 439 g/mol. The fourth-order valence-corrected chi connectivity index (χ4v) is 6.36. The number of methoxy groups -OCH3 is 2. The van der Waals surface area contributed by atoms with E-state index in [0.29, 0.717) is 35.1 Å². The van der Waals surface area contributed by atoms with Crippen molar-refractivity contribution in [1.29, 1.82) is 0 Å². The van der Waals surface area contributed by atoms with Crippen molar-refractivity contribution in [3.05, 3.63) is 40.8 Å². The van der Waals surface area contributed by atoms with Gasteiger partial charge in [-0.05, 0) is 50.1 Å². The van der Waals surface area contributed by atoms with Gasteiger partial charge in [0.2, 0.25) is 5.91 Å². The summed E-state index contributed by atoms with van der Waals surface area (Å²) in [7, 11) is -0.407. The van der Waals surface area contributed by atoms with Crippen LogP contribution in [0.4, 0.5) is 0 Å². The molecule has 1 saturated heterocycles. The number of sulfonamides is 1. The van der Waals surface area contributed by atoms with E-state index in [9.17, 15) is 13.2 Å². The molecular formula is C20H26N2O5S2. The summed E-state index contributed by atoms with van der Waals surface area (Å²) < 4.78 is 38.1. The Hall–Kier alpha value is -2.10. The Morgan fingerprint density at radius 2 is 2.03 bits per heavy atom. The number of carbonyl (C=O) groups excluding carboxylic acids is 1. The number of rotatable bonds is 7. The van der Waals surface area contributed by atoms with Gasteiger partial charge in [-0.25, -0.2) is 8.42 Å². The third-order valence-corrected chi connectivity index (χ3v) is 8.34. The third-order valence-electron chi connectivity index (χ3n) is 5.01. The van der Waals surface area contributed by atoms with Crippen molar-refractivity contribution >= 4 is 27.3 Å². The smallest absolute Gasteiger partial charge is 0.252 e. The maximum Gasteiger partial charge on any atom is 0.252 e. The standard InChI is InChI=1S/C20H26N2O5S2/c1-14-6-9-19(28-14)29(24,25)22-10-4-5-15(13-22)20(23)21-12-16-11-17(26-2)7-8-18(16)27-3/h6-9,11,15H,4-5,10,12-13H2,1-3H3,(H,21,23). The van der Waals surface area contributed by atoms with Crippen LogP contribution in [0.5, 0.6) is 11.5 Å². The van der Waals surface area contributed by atoms with E-state index < -0.39 is 10.0 Å². The number of aryl methyl sites for hydroxylation is 1. The monoisotopic (exact) mass is 438 g/mol. The fraction of sp³-hybridized carbons (Fsp3) is 0.450. The second-order valence-corrected chi connectivity index (χ2v) is 10.4. The molecule has 0 saturated carbocycles. The lowest BCUT2D eigenvalue weighted by Crippen LogP contribution is -2.45. The van der Waals surface area contributed by atoms with Gasteiger partial charge in [-0.1, -0.05) is 0 Å². The summed E-state index contributed by atoms with van der Waals surface area (Å²) in [6.45, 7) is 2.79. The molecule has 1 N–H and O–H groups in total. The highest BCUT2D eigenvalue weighted by molar-refractivity contribution is 7.91. The summed E-state index contributed by atoms with van der Waals surface area (Å²) in [5.74, 6) is 0.802. The van der Waals surface area contributed by atoms with E-state index in [1.165, 1.54) is 15.6 Å². The van der Waals surface area contributed by atoms with Gasteiger partial charge in [-0.15, -0.1) is 11.3 Å². The van der Waals surface area contributed by atoms with Crippen LogP contribution in [0.2, 0.25) is 0 Å². The average Bonchev–Trinajstić information content (AvgIpc) is 3.19. The minimum atomic E-state index is -3.56. The van der Waals surface area contributed by atoms with Gasteiger partial charge < -0.3 is 14.8 Å². The number of hydrogen-bond donors (Lipinski definition) is 1. The minimum Gasteiger partial charge on any atom is -0.497 e. The zero-order valence-corrected chi connectivity index (χ0v) is 18.4. The molecule has 1 fully saturated rings. The SMILES string of the molecule is COc1ccc(OC)c(CNC(=O)C2CCCN(S(=O)(=O)c3ccc(C)s3)C2)c1. The summed E-state index contributed by atoms with van der Waals surface area (Å²) in [4.78, 5) is 13.7. The Kier molecular flexibility index (Phi) is 6.81. The molecule has 7 nitrogen and oxygen atoms in total. The van der Waals surface area contributed by atoms with Gasteiger partial charge in [-0.3, -0.25) is 4.79 Å². The van der Waals surface area contributed by atoms with Crippen molar-refractivity contribution in [2.75, 3.05) is 27.3 Å². The summed E-state index contributed by atoms with van der Waals surface area (Å²) >= 11 is 1.26. The van der Waals surface area contributed by atoms with Gasteiger partial charge in [0.1, 0.15) is 15.7 Å². The van der Waals surface area contributed by atoms with Crippen LogP contribution in [0.15, 0.2) is 34.5 Å². The fourth-order valence-electron chi connectivity index (χ4n) is 3.40. The Morgan fingerprint density at radius 1 is 1.24 bits per heavy atom. The number of nitrogens with zero attached hydrogens (tertiary/aromatic N) is 1. The van der Waals surface area contributed by atoms with Crippen LogP contribution in [-0.4, -0.2) is 45.9 Å². The molecule has 1 aliphatic heterocycles. The molecular weight excluding hydrogens is 412 g/mol. The molecule has 0 aliphatic carbocycles. The molecule has 1 unspecified atom stereocenters. The van der Waals surface area contributed by atoms with E-state index in [1.807, 2.05) is 13.0 Å². The molecule has 158 valence electrons. The van der Waals surface area contributed by atoms with Crippen LogP contribution < -0.4 is 14.8 Å². The second-order valence-electron chi connectivity index (χ2n) is 6.96. The lowest BCUT2D eigenvalue weighted by Gasteiger charge is -2.30. The van der Waals surface area contributed by atoms with E-state index in [4.69, 9.17) is 9.47 Å². The molecule has 9 heteroatoms. The van der Waals surface area contributed by atoms with E-state index >= 15 is 0 Å². The third kappa shape index (κ3) is 4.91. The molecule has 0 radical (unpaired) electrons. The first-order valence-electron chi connectivity index (χ1n) is 9.40. The van der Waals surface area contributed by atoms with E-state index in [1.54, 1.807) is 38.5 Å². The van der Waals surface area contributed by atoms with Crippen molar-refractivity contribution in [3.8, 4) is 11.5 Å². The van der Waals surface area contributed by atoms with Crippen molar-refractivity contribution < 1.29 is 22.7 Å². The quantitative estimate of drug-likeness (QED) is 0.719. The van der Waals surface area contributed by atoms with E-state index in [-0.39, 0.29) is 24.9 Å². The van der Waals surface area contributed by atoms with Gasteiger partial charge in [0.05, 0.1) is 20.1 Å². The molecule has 1 aliphatic rings. The predicted octanol–water partition coefficient (Wildman–Crippen LogP) is 2.79. The summed E-state index contributed by atoms with van der Waals surface area (Å²) in [6.07, 6.45) is 1.32. The Balaban J connectivity index is 1.66. The highest BCUT2D eigenvalue weighted by atomic mass is 32.2. The van der Waals surface area contributed by atoms with Gasteiger partial charge in [0, 0.05) is 30.1 Å². The minimum absolute atomic E-state index is 0.155. The van der Waals surface area contributed by atoms with Crippen LogP contribution in [0, 0.1) is 12.8 Å². The Morgan fingerprint density at radius 3 is 2.69 bits per heavy atom. The number of benzene rings is 1. The van der Waals surface area contributed by atoms with Crippen LogP contribution in [0.3, 0.4) is 0 Å². The molecule has 1 atom stereocenters. The maximum atomic E-state index is 12.9. The number of thiophene rings is 1. The molecule has 0 bridgehead atoms. The van der Waals surface area contributed by atoms with Crippen LogP contribution in [-0.2, 0) is 21.4 Å². The molecule has 2 aromatic rings. The topological polar surface area (TPSA) is 84.9 Å². The summed E-state index contributed by atoms with van der Waals surface area (Å²) in [5.41, 5.74) is 0.801. The van der Waals surface area contributed by atoms with Crippen molar-refractivity contribution in [3.63, 3.8) is 0 Å². The first kappa shape index (κ1) is 21.6. The van der Waals surface area contributed by atoms with Crippen molar-refractivity contribution in [2.24, 2.45) is 5.92 Å². The lowest BCUT2D eigenvalue weighted by molar-refractivity contribution is -0.126. The van der Waals surface area contributed by atoms with E-state index in [0.717, 1.165) is 10.4 Å². The van der Waals surface area contributed by atoms with Gasteiger partial charge in [-0.2, -0.15) is 4.31 Å². The lowest BCUT2D eigenvalue weighted by atomic mass is 9.98. The molecule has 2 heterocycles. The zero-order chi connectivity index (χ0) is 21.0. The van der Waals surface area contributed by atoms with Gasteiger partial charge >= 0.3 is 0 Å². The highest BCUT2D eigenvalue weighted by Crippen LogP contribution is 2.29. The largest absolute Gasteiger partial charge is 0.497 e. The predicted molar refractivity (Wildman–Crippen MR) is 112 cm³/mol. The summed E-state index contributed by atoms with van der Waals surface area (Å²) in [5, 5.41) is 2.92. The molecule has 3 rings (SSSR count). The molecule has 1 aromatic heterocycles. The number of amides is 1. The van der Waals surface area contributed by atoms with Crippen LogP contribution in [0.1, 0.15) is 23.3 Å². The van der Waals surface area contributed by atoms with Crippen molar-refractivity contribution in [2.45, 2.75) is 30.5 Å². The number of carbonyl (C=O) groups is 1. The Labute approximate surface area is 175 Å². The highest BCUT2D eigenvalue weighted by Gasteiger charge is 2.34.